The highest BCUT2D eigenvalue weighted by molar-refractivity contribution is 6.31. The second kappa shape index (κ2) is 7.63. The van der Waals surface area contributed by atoms with Crippen molar-refractivity contribution in [3.05, 3.63) is 141 Å². The summed E-state index contributed by atoms with van der Waals surface area (Å²) >= 11 is 0. The summed E-state index contributed by atoms with van der Waals surface area (Å²) in [5.74, 6) is 13.8. The first-order chi connectivity index (χ1) is 15.9. The monoisotopic (exact) mass is 402 g/mol. The van der Waals surface area contributed by atoms with Crippen molar-refractivity contribution in [2.75, 3.05) is 0 Å². The van der Waals surface area contributed by atoms with Crippen molar-refractivity contribution in [1.29, 1.82) is 0 Å². The Morgan fingerprint density at radius 2 is 0.656 bits per heavy atom. The minimum atomic E-state index is 1.02. The number of hydrogen-bond acceptors (Lipinski definition) is 0. The molecule has 32 heavy (non-hydrogen) atoms. The lowest BCUT2D eigenvalue weighted by atomic mass is 9.99. The molecule has 0 bridgehead atoms. The molecule has 2 aliphatic carbocycles. The van der Waals surface area contributed by atoms with E-state index in [-0.39, 0.29) is 0 Å². The summed E-state index contributed by atoms with van der Waals surface area (Å²) in [5.41, 5.74) is 6.63. The normalized spacial score (nSPS) is 12.9. The van der Waals surface area contributed by atoms with Crippen molar-refractivity contribution in [2.24, 2.45) is 0 Å². The SMILES string of the molecule is C(#Cc1ccccc1)C1=c2ccccc2=C2C(C#Cc3ccccc3)=c3ccccc3=C12. The highest BCUT2D eigenvalue weighted by atomic mass is 14.3. The molecule has 0 nitrogen and oxygen atoms in total. The second-order valence-electron chi connectivity index (χ2n) is 7.82. The van der Waals surface area contributed by atoms with Gasteiger partial charge in [0.2, 0.25) is 0 Å². The molecule has 0 aromatic heterocycles. The van der Waals surface area contributed by atoms with Crippen LogP contribution < -0.4 is 20.9 Å². The van der Waals surface area contributed by atoms with E-state index in [2.05, 4.69) is 96.5 Å². The fourth-order valence-corrected chi connectivity index (χ4v) is 4.47. The fraction of sp³-hybridized carbons (Fsp3) is 0. The van der Waals surface area contributed by atoms with Gasteiger partial charge in [0.15, 0.2) is 0 Å². The molecule has 0 spiro atoms. The molecule has 2 aliphatic rings. The summed E-state index contributed by atoms with van der Waals surface area (Å²) in [6, 6.07) is 37.5. The zero-order chi connectivity index (χ0) is 21.3. The van der Waals surface area contributed by atoms with Gasteiger partial charge in [0, 0.05) is 33.4 Å². The summed E-state index contributed by atoms with van der Waals surface area (Å²) in [6.07, 6.45) is 0. The molecule has 0 aliphatic heterocycles. The van der Waals surface area contributed by atoms with Crippen LogP contribution in [-0.2, 0) is 0 Å². The molecule has 0 unspecified atom stereocenters. The van der Waals surface area contributed by atoms with Crippen molar-refractivity contribution in [1.82, 2.24) is 0 Å². The van der Waals surface area contributed by atoms with E-state index in [0.717, 1.165) is 22.3 Å². The fourth-order valence-electron chi connectivity index (χ4n) is 4.47. The zero-order valence-corrected chi connectivity index (χ0v) is 17.4. The smallest absolute Gasteiger partial charge is 0.0413 e. The molecule has 4 aromatic rings. The Bertz CT molecular complexity index is 1610. The number of hydrogen-bond donors (Lipinski definition) is 0. The molecule has 0 saturated carbocycles. The van der Waals surface area contributed by atoms with E-state index in [1.54, 1.807) is 0 Å². The van der Waals surface area contributed by atoms with Crippen molar-refractivity contribution >= 4 is 22.3 Å². The summed E-state index contributed by atoms with van der Waals surface area (Å²) in [5, 5.41) is 4.81. The highest BCUT2D eigenvalue weighted by Gasteiger charge is 2.26. The topological polar surface area (TPSA) is 0 Å². The molecule has 0 N–H and O–H groups in total. The molecule has 146 valence electrons. The van der Waals surface area contributed by atoms with Crippen molar-refractivity contribution in [2.45, 2.75) is 0 Å². The number of rotatable bonds is 0. The lowest BCUT2D eigenvalue weighted by Gasteiger charge is -2.01. The Balaban J connectivity index is 1.64. The zero-order valence-electron chi connectivity index (χ0n) is 17.4. The van der Waals surface area contributed by atoms with Gasteiger partial charge in [-0.15, -0.1) is 0 Å². The molecular weight excluding hydrogens is 384 g/mol. The van der Waals surface area contributed by atoms with Crippen LogP contribution in [-0.4, -0.2) is 0 Å². The molecule has 6 rings (SSSR count). The molecule has 0 fully saturated rings. The van der Waals surface area contributed by atoms with Gasteiger partial charge < -0.3 is 0 Å². The third kappa shape index (κ3) is 2.99. The molecule has 0 heterocycles. The predicted molar refractivity (Wildman–Crippen MR) is 132 cm³/mol. The minimum absolute atomic E-state index is 1.02. The van der Waals surface area contributed by atoms with Crippen LogP contribution in [0.5, 0.6) is 0 Å². The van der Waals surface area contributed by atoms with Crippen LogP contribution >= 0.6 is 0 Å². The standard InChI is InChI=1S/C32H18/c1-3-11-23(12-4-1)19-21-29-25-15-7-9-17-27(25)32-30(22-20-24-13-5-2-6-14-24)26-16-8-10-18-28(26)31(29)32/h1-18H. The minimum Gasteiger partial charge on any atom is -0.0622 e. The van der Waals surface area contributed by atoms with Crippen LogP contribution in [0.3, 0.4) is 0 Å². The largest absolute Gasteiger partial charge is 0.0622 e. The maximum absolute atomic E-state index is 3.51. The van der Waals surface area contributed by atoms with Crippen LogP contribution in [0.15, 0.2) is 109 Å². The first-order valence-electron chi connectivity index (χ1n) is 10.7. The van der Waals surface area contributed by atoms with Gasteiger partial charge in [-0.1, -0.05) is 109 Å². The van der Waals surface area contributed by atoms with E-state index >= 15 is 0 Å². The van der Waals surface area contributed by atoms with Gasteiger partial charge in [0.05, 0.1) is 0 Å². The van der Waals surface area contributed by atoms with Gasteiger partial charge in [0.25, 0.3) is 0 Å². The van der Waals surface area contributed by atoms with Crippen molar-refractivity contribution < 1.29 is 0 Å². The lowest BCUT2D eigenvalue weighted by Crippen LogP contribution is -2.27. The Kier molecular flexibility index (Phi) is 4.35. The Hall–Kier alpha value is -4.52. The highest BCUT2D eigenvalue weighted by Crippen LogP contribution is 2.31. The maximum Gasteiger partial charge on any atom is 0.0413 e. The maximum atomic E-state index is 3.51. The van der Waals surface area contributed by atoms with E-state index in [4.69, 9.17) is 0 Å². The summed E-state index contributed by atoms with van der Waals surface area (Å²) in [6.45, 7) is 0. The summed E-state index contributed by atoms with van der Waals surface area (Å²) in [7, 11) is 0. The third-order valence-electron chi connectivity index (χ3n) is 5.89. The van der Waals surface area contributed by atoms with Crippen molar-refractivity contribution in [3.8, 4) is 23.7 Å². The number of fused-ring (bicyclic) bond motifs is 3. The Morgan fingerprint density at radius 1 is 0.312 bits per heavy atom. The Morgan fingerprint density at radius 3 is 1.06 bits per heavy atom. The van der Waals surface area contributed by atoms with Crippen LogP contribution in [0.25, 0.3) is 22.3 Å². The molecule has 0 atom stereocenters. The van der Waals surface area contributed by atoms with E-state index in [1.807, 2.05) is 36.4 Å². The van der Waals surface area contributed by atoms with E-state index < -0.39 is 0 Å². The second-order valence-corrected chi connectivity index (χ2v) is 7.82. The molecule has 4 aromatic carbocycles. The Labute approximate surface area is 187 Å². The molecule has 0 amide bonds. The summed E-state index contributed by atoms with van der Waals surface area (Å²) in [4.78, 5) is 0. The average molecular weight is 402 g/mol. The van der Waals surface area contributed by atoms with Crippen LogP contribution in [0.1, 0.15) is 11.1 Å². The van der Waals surface area contributed by atoms with E-state index in [0.29, 0.717) is 0 Å². The van der Waals surface area contributed by atoms with Gasteiger partial charge in [-0.05, 0) is 45.1 Å². The quantitative estimate of drug-likeness (QED) is 0.397. The van der Waals surface area contributed by atoms with Crippen LogP contribution in [0, 0.1) is 23.7 Å². The average Bonchev–Trinajstić information content (AvgIpc) is 3.36. The molecule has 0 heteroatoms. The van der Waals surface area contributed by atoms with Gasteiger partial charge in [-0.25, -0.2) is 0 Å². The molecule has 0 saturated heterocycles. The third-order valence-corrected chi connectivity index (χ3v) is 5.89. The van der Waals surface area contributed by atoms with Gasteiger partial charge in [0.1, 0.15) is 0 Å². The van der Waals surface area contributed by atoms with Crippen LogP contribution in [0.2, 0.25) is 0 Å². The van der Waals surface area contributed by atoms with Crippen molar-refractivity contribution in [3.63, 3.8) is 0 Å². The molecular formula is C32H18. The van der Waals surface area contributed by atoms with Gasteiger partial charge >= 0.3 is 0 Å². The van der Waals surface area contributed by atoms with Gasteiger partial charge in [-0.2, -0.15) is 0 Å². The van der Waals surface area contributed by atoms with E-state index in [9.17, 15) is 0 Å². The first-order valence-corrected chi connectivity index (χ1v) is 10.7. The van der Waals surface area contributed by atoms with Gasteiger partial charge in [-0.3, -0.25) is 0 Å². The summed E-state index contributed by atoms with van der Waals surface area (Å²) < 4.78 is 0. The predicted octanol–water partition coefficient (Wildman–Crippen LogP) is 3.12. The van der Waals surface area contributed by atoms with E-state index in [1.165, 1.54) is 32.0 Å². The van der Waals surface area contributed by atoms with Crippen LogP contribution in [0.4, 0.5) is 0 Å². The molecule has 0 radical (unpaired) electrons. The lowest BCUT2D eigenvalue weighted by molar-refractivity contribution is 1.50. The first kappa shape index (κ1) is 18.3. The number of benzene rings is 4.